The largest absolute Gasteiger partial charge is 0.392 e. The number of hydrogen-bond acceptors (Lipinski definition) is 3. The number of fused-ring (bicyclic) bond motifs is 1. The van der Waals surface area contributed by atoms with Gasteiger partial charge in [0.15, 0.2) is 0 Å². The van der Waals surface area contributed by atoms with Crippen LogP contribution in [0.25, 0.3) is 10.9 Å². The van der Waals surface area contributed by atoms with E-state index in [0.29, 0.717) is 12.5 Å². The number of piperidine rings is 1. The van der Waals surface area contributed by atoms with Crippen LogP contribution in [0.3, 0.4) is 0 Å². The van der Waals surface area contributed by atoms with Crippen molar-refractivity contribution in [2.75, 3.05) is 26.2 Å². The van der Waals surface area contributed by atoms with E-state index in [9.17, 15) is 14.3 Å². The zero-order valence-electron chi connectivity index (χ0n) is 18.6. The Kier molecular flexibility index (Phi) is 7.22. The number of carbonyl (C=O) groups is 1. The molecule has 2 heterocycles. The van der Waals surface area contributed by atoms with Crippen molar-refractivity contribution in [3.8, 4) is 0 Å². The second-order valence-electron chi connectivity index (χ2n) is 8.90. The van der Waals surface area contributed by atoms with Crippen LogP contribution in [0, 0.1) is 5.82 Å². The number of rotatable bonds is 8. The van der Waals surface area contributed by atoms with Gasteiger partial charge in [0.05, 0.1) is 12.5 Å². The number of halogens is 1. The molecule has 0 spiro atoms. The van der Waals surface area contributed by atoms with Crippen molar-refractivity contribution in [1.29, 1.82) is 0 Å². The second kappa shape index (κ2) is 10.3. The van der Waals surface area contributed by atoms with Gasteiger partial charge >= 0.3 is 0 Å². The normalized spacial score (nSPS) is 16.3. The summed E-state index contributed by atoms with van der Waals surface area (Å²) in [5, 5.41) is 13.3. The van der Waals surface area contributed by atoms with E-state index in [1.165, 1.54) is 28.6 Å². The summed E-state index contributed by atoms with van der Waals surface area (Å²) in [5.74, 6) is -0.255. The molecule has 0 saturated carbocycles. The van der Waals surface area contributed by atoms with Crippen LogP contribution in [0.1, 0.15) is 36.9 Å². The molecule has 1 unspecified atom stereocenters. The van der Waals surface area contributed by atoms with Crippen molar-refractivity contribution in [3.05, 3.63) is 71.7 Å². The number of benzene rings is 2. The third-order valence-corrected chi connectivity index (χ3v) is 6.33. The average molecular weight is 438 g/mol. The molecule has 1 amide bonds. The molecule has 0 aliphatic carbocycles. The molecule has 1 aliphatic heterocycles. The van der Waals surface area contributed by atoms with Crippen molar-refractivity contribution < 1.29 is 14.3 Å². The number of likely N-dealkylation sites (tertiary alicyclic amines) is 1. The van der Waals surface area contributed by atoms with Crippen molar-refractivity contribution in [2.45, 2.75) is 44.8 Å². The summed E-state index contributed by atoms with van der Waals surface area (Å²) in [6, 6.07) is 15.6. The summed E-state index contributed by atoms with van der Waals surface area (Å²) >= 11 is 0. The highest BCUT2D eigenvalue weighted by Crippen LogP contribution is 2.28. The molecule has 1 aliphatic rings. The summed E-state index contributed by atoms with van der Waals surface area (Å²) < 4.78 is 15.4. The standard InChI is InChI=1S/C26H32FN3O2/c1-19(31)18-28-26(32)17-21-2-5-22-9-15-30(25(22)16-21)24-10-13-29(14-11-24)12-8-20-3-6-23(27)7-4-20/h2-7,9,15-16,19,24,31H,8,10-14,17-18H2,1H3,(H,28,32). The predicted molar refractivity (Wildman–Crippen MR) is 125 cm³/mol. The van der Waals surface area contributed by atoms with Crippen LogP contribution in [-0.4, -0.2) is 52.8 Å². The monoisotopic (exact) mass is 437 g/mol. The van der Waals surface area contributed by atoms with E-state index in [1.807, 2.05) is 18.2 Å². The maximum atomic E-state index is 13.1. The molecule has 0 radical (unpaired) electrons. The minimum absolute atomic E-state index is 0.0715. The van der Waals surface area contributed by atoms with Gasteiger partial charge in [-0.1, -0.05) is 24.3 Å². The fourth-order valence-electron chi connectivity index (χ4n) is 4.49. The summed E-state index contributed by atoms with van der Waals surface area (Å²) in [4.78, 5) is 14.6. The lowest BCUT2D eigenvalue weighted by Crippen LogP contribution is -2.35. The molecule has 2 aromatic carbocycles. The SMILES string of the molecule is CC(O)CNC(=O)Cc1ccc2ccn(C3CCN(CCc4ccc(F)cc4)CC3)c2c1. The van der Waals surface area contributed by atoms with E-state index in [0.717, 1.165) is 44.5 Å². The first kappa shape index (κ1) is 22.5. The third kappa shape index (κ3) is 5.75. The number of nitrogens with zero attached hydrogens (tertiary/aromatic N) is 2. The maximum Gasteiger partial charge on any atom is 0.224 e. The summed E-state index contributed by atoms with van der Waals surface area (Å²) in [5.41, 5.74) is 3.34. The van der Waals surface area contributed by atoms with Crippen LogP contribution in [0.2, 0.25) is 0 Å². The number of aliphatic hydroxyl groups is 1. The minimum atomic E-state index is -0.541. The lowest BCUT2D eigenvalue weighted by molar-refractivity contribution is -0.120. The van der Waals surface area contributed by atoms with Crippen LogP contribution < -0.4 is 5.32 Å². The molecule has 170 valence electrons. The Balaban J connectivity index is 1.34. The van der Waals surface area contributed by atoms with Crippen LogP contribution in [0.4, 0.5) is 4.39 Å². The van der Waals surface area contributed by atoms with Crippen LogP contribution in [0.15, 0.2) is 54.7 Å². The minimum Gasteiger partial charge on any atom is -0.392 e. The molecule has 1 atom stereocenters. The maximum absolute atomic E-state index is 13.1. The lowest BCUT2D eigenvalue weighted by Gasteiger charge is -2.33. The van der Waals surface area contributed by atoms with Crippen molar-refractivity contribution in [2.24, 2.45) is 0 Å². The smallest absolute Gasteiger partial charge is 0.224 e. The first-order chi connectivity index (χ1) is 15.5. The first-order valence-corrected chi connectivity index (χ1v) is 11.5. The molecule has 1 aromatic heterocycles. The molecule has 32 heavy (non-hydrogen) atoms. The zero-order chi connectivity index (χ0) is 22.5. The van der Waals surface area contributed by atoms with Gasteiger partial charge in [0.1, 0.15) is 5.82 Å². The molecule has 1 saturated heterocycles. The fraction of sp³-hybridized carbons (Fsp3) is 0.423. The van der Waals surface area contributed by atoms with E-state index in [-0.39, 0.29) is 18.3 Å². The highest BCUT2D eigenvalue weighted by molar-refractivity contribution is 5.84. The third-order valence-electron chi connectivity index (χ3n) is 6.33. The fourth-order valence-corrected chi connectivity index (χ4v) is 4.49. The Morgan fingerprint density at radius 2 is 1.84 bits per heavy atom. The quantitative estimate of drug-likeness (QED) is 0.565. The Labute approximate surface area is 188 Å². The zero-order valence-corrected chi connectivity index (χ0v) is 18.6. The summed E-state index contributed by atoms with van der Waals surface area (Å²) in [7, 11) is 0. The van der Waals surface area contributed by atoms with Gasteiger partial charge in [-0.3, -0.25) is 4.79 Å². The topological polar surface area (TPSA) is 57.5 Å². The Morgan fingerprint density at radius 3 is 2.56 bits per heavy atom. The van der Waals surface area contributed by atoms with Gasteiger partial charge in [-0.25, -0.2) is 4.39 Å². The second-order valence-corrected chi connectivity index (χ2v) is 8.90. The molecular weight excluding hydrogens is 405 g/mol. The highest BCUT2D eigenvalue weighted by atomic mass is 19.1. The molecule has 4 rings (SSSR count). The van der Waals surface area contributed by atoms with E-state index >= 15 is 0 Å². The van der Waals surface area contributed by atoms with Gasteiger partial charge in [-0.2, -0.15) is 0 Å². The number of nitrogens with one attached hydrogen (secondary N) is 1. The van der Waals surface area contributed by atoms with Crippen LogP contribution in [0.5, 0.6) is 0 Å². The van der Waals surface area contributed by atoms with Gasteiger partial charge in [-0.05, 0) is 67.0 Å². The molecule has 1 fully saturated rings. The van der Waals surface area contributed by atoms with Gasteiger partial charge in [0, 0.05) is 43.9 Å². The van der Waals surface area contributed by atoms with E-state index in [2.05, 4.69) is 39.2 Å². The van der Waals surface area contributed by atoms with Gasteiger partial charge in [0.2, 0.25) is 5.91 Å². The number of amides is 1. The number of aliphatic hydroxyl groups excluding tert-OH is 1. The molecule has 0 bridgehead atoms. The highest BCUT2D eigenvalue weighted by Gasteiger charge is 2.21. The van der Waals surface area contributed by atoms with Crippen molar-refractivity contribution in [1.82, 2.24) is 14.8 Å². The van der Waals surface area contributed by atoms with Crippen LogP contribution >= 0.6 is 0 Å². The summed E-state index contributed by atoms with van der Waals surface area (Å²) in [6.45, 7) is 5.03. The van der Waals surface area contributed by atoms with Crippen LogP contribution in [-0.2, 0) is 17.6 Å². The molecule has 3 aromatic rings. The van der Waals surface area contributed by atoms with Crippen molar-refractivity contribution in [3.63, 3.8) is 0 Å². The lowest BCUT2D eigenvalue weighted by atomic mass is 10.0. The molecule has 2 N–H and O–H groups in total. The first-order valence-electron chi connectivity index (χ1n) is 11.5. The summed E-state index contributed by atoms with van der Waals surface area (Å²) in [6.07, 6.45) is 5.06. The van der Waals surface area contributed by atoms with E-state index in [4.69, 9.17) is 0 Å². The van der Waals surface area contributed by atoms with Gasteiger partial charge in [-0.15, -0.1) is 0 Å². The Hall–Kier alpha value is -2.70. The Bertz CT molecular complexity index is 1040. The Morgan fingerprint density at radius 1 is 1.12 bits per heavy atom. The van der Waals surface area contributed by atoms with Crippen molar-refractivity contribution >= 4 is 16.8 Å². The average Bonchev–Trinajstić information content (AvgIpc) is 3.21. The van der Waals surface area contributed by atoms with E-state index in [1.54, 1.807) is 6.92 Å². The number of carbonyl (C=O) groups excluding carboxylic acids is 1. The number of aromatic nitrogens is 1. The molecule has 5 nitrogen and oxygen atoms in total. The molecule has 6 heteroatoms. The molecular formula is C26H32FN3O2. The predicted octanol–water partition coefficient (Wildman–Crippen LogP) is 3.70. The number of hydrogen-bond donors (Lipinski definition) is 2. The van der Waals surface area contributed by atoms with E-state index < -0.39 is 6.10 Å². The van der Waals surface area contributed by atoms with Gasteiger partial charge in [0.25, 0.3) is 0 Å². The van der Waals surface area contributed by atoms with Gasteiger partial charge < -0.3 is 19.9 Å².